The zero-order valence-electron chi connectivity index (χ0n) is 14.9. The van der Waals surface area contributed by atoms with Crippen LogP contribution in [0.3, 0.4) is 0 Å². The van der Waals surface area contributed by atoms with Crippen LogP contribution in [-0.4, -0.2) is 30.3 Å². The molecule has 0 amide bonds. The standard InChI is InChI=1S/C16H36O3Si2/c1-7-9-11-12-13-14-16-18-21(5,6)19-20(3,4)17-15-10-8-2/h8H,2,7,9-16H2,1,3-6H3. The summed E-state index contributed by atoms with van der Waals surface area (Å²) in [5.41, 5.74) is 0. The first kappa shape index (κ1) is 21.1. The molecular weight excluding hydrogens is 296 g/mol. The van der Waals surface area contributed by atoms with Gasteiger partial charge >= 0.3 is 17.1 Å². The highest BCUT2D eigenvalue weighted by atomic mass is 28.5. The van der Waals surface area contributed by atoms with Crippen molar-refractivity contribution in [1.29, 1.82) is 0 Å². The minimum absolute atomic E-state index is 0.699. The maximum atomic E-state index is 6.22. The van der Waals surface area contributed by atoms with Gasteiger partial charge < -0.3 is 13.0 Å². The number of hydrogen-bond donors (Lipinski definition) is 0. The van der Waals surface area contributed by atoms with Crippen LogP contribution in [0, 0.1) is 0 Å². The van der Waals surface area contributed by atoms with Gasteiger partial charge in [0, 0.05) is 13.2 Å². The third-order valence-electron chi connectivity index (χ3n) is 3.21. The van der Waals surface area contributed by atoms with E-state index in [2.05, 4.69) is 39.7 Å². The van der Waals surface area contributed by atoms with E-state index in [-0.39, 0.29) is 0 Å². The summed E-state index contributed by atoms with van der Waals surface area (Å²) in [5, 5.41) is 0. The molecule has 0 fully saturated rings. The van der Waals surface area contributed by atoms with Crippen LogP contribution in [0.4, 0.5) is 0 Å². The summed E-state index contributed by atoms with van der Waals surface area (Å²) in [7, 11) is -4.14. The summed E-state index contributed by atoms with van der Waals surface area (Å²) < 4.78 is 18.1. The van der Waals surface area contributed by atoms with E-state index in [1.54, 1.807) is 0 Å². The summed E-state index contributed by atoms with van der Waals surface area (Å²) >= 11 is 0. The molecule has 0 unspecified atom stereocenters. The van der Waals surface area contributed by atoms with Gasteiger partial charge in [0.15, 0.2) is 0 Å². The van der Waals surface area contributed by atoms with E-state index < -0.39 is 17.1 Å². The fourth-order valence-electron chi connectivity index (χ4n) is 2.24. The quantitative estimate of drug-likeness (QED) is 0.243. The molecule has 3 nitrogen and oxygen atoms in total. The molecule has 0 saturated carbocycles. The lowest BCUT2D eigenvalue weighted by atomic mass is 10.1. The second-order valence-corrected chi connectivity index (χ2v) is 13.4. The molecule has 0 radical (unpaired) electrons. The van der Waals surface area contributed by atoms with Crippen LogP contribution in [0.2, 0.25) is 26.2 Å². The molecule has 0 atom stereocenters. The van der Waals surface area contributed by atoms with Crippen molar-refractivity contribution in [3.63, 3.8) is 0 Å². The van der Waals surface area contributed by atoms with Gasteiger partial charge in [-0.3, -0.25) is 0 Å². The van der Waals surface area contributed by atoms with Gasteiger partial charge in [0.2, 0.25) is 0 Å². The third-order valence-corrected chi connectivity index (χ3v) is 8.94. The Labute approximate surface area is 134 Å². The molecule has 5 heteroatoms. The maximum absolute atomic E-state index is 6.22. The predicted octanol–water partition coefficient (Wildman–Crippen LogP) is 5.38. The van der Waals surface area contributed by atoms with Crippen LogP contribution in [0.15, 0.2) is 12.7 Å². The Balaban J connectivity index is 3.82. The van der Waals surface area contributed by atoms with Crippen LogP contribution in [0.5, 0.6) is 0 Å². The maximum Gasteiger partial charge on any atom is 0.322 e. The van der Waals surface area contributed by atoms with Crippen LogP contribution in [0.25, 0.3) is 0 Å². The molecular formula is C16H36O3Si2. The highest BCUT2D eigenvalue weighted by Gasteiger charge is 2.36. The summed E-state index contributed by atoms with van der Waals surface area (Å²) in [6.45, 7) is 15.9. The fraction of sp³-hybridized carbons (Fsp3) is 0.875. The number of rotatable bonds is 14. The highest BCUT2D eigenvalue weighted by molar-refractivity contribution is 6.78. The van der Waals surface area contributed by atoms with Gasteiger partial charge in [-0.1, -0.05) is 45.1 Å². The Hall–Kier alpha value is 0.0538. The molecule has 0 aromatic heterocycles. The van der Waals surface area contributed by atoms with E-state index >= 15 is 0 Å². The largest absolute Gasteiger partial charge is 0.415 e. The van der Waals surface area contributed by atoms with Crippen molar-refractivity contribution in [2.45, 2.75) is 78.1 Å². The van der Waals surface area contributed by atoms with E-state index in [1.165, 1.54) is 32.1 Å². The van der Waals surface area contributed by atoms with Crippen LogP contribution in [-0.2, 0) is 13.0 Å². The van der Waals surface area contributed by atoms with Crippen molar-refractivity contribution in [1.82, 2.24) is 0 Å². The van der Waals surface area contributed by atoms with E-state index in [0.717, 1.165) is 19.4 Å². The molecule has 126 valence electrons. The molecule has 0 saturated heterocycles. The van der Waals surface area contributed by atoms with E-state index in [9.17, 15) is 0 Å². The van der Waals surface area contributed by atoms with Crippen molar-refractivity contribution in [2.75, 3.05) is 13.2 Å². The average molecular weight is 333 g/mol. The minimum Gasteiger partial charge on any atom is -0.415 e. The molecule has 0 aromatic rings. The summed E-state index contributed by atoms with van der Waals surface area (Å²) in [6, 6.07) is 0. The van der Waals surface area contributed by atoms with Crippen molar-refractivity contribution in [3.05, 3.63) is 12.7 Å². The first-order chi connectivity index (χ1) is 9.83. The second kappa shape index (κ2) is 11.6. The Kier molecular flexibility index (Phi) is 11.6. The molecule has 0 aliphatic carbocycles. The van der Waals surface area contributed by atoms with Gasteiger partial charge in [-0.05, 0) is 39.0 Å². The van der Waals surface area contributed by atoms with E-state index in [4.69, 9.17) is 13.0 Å². The molecule has 21 heavy (non-hydrogen) atoms. The Bertz CT molecular complexity index is 268. The Morgan fingerprint density at radius 1 is 0.810 bits per heavy atom. The Morgan fingerprint density at radius 2 is 1.33 bits per heavy atom. The Morgan fingerprint density at radius 3 is 1.90 bits per heavy atom. The van der Waals surface area contributed by atoms with Gasteiger partial charge in [-0.25, -0.2) is 0 Å². The summed E-state index contributed by atoms with van der Waals surface area (Å²) in [5.74, 6) is 0. The molecule has 0 bridgehead atoms. The van der Waals surface area contributed by atoms with Gasteiger partial charge in [-0.2, -0.15) is 0 Å². The second-order valence-electron chi connectivity index (χ2n) is 6.44. The van der Waals surface area contributed by atoms with Crippen LogP contribution < -0.4 is 0 Å². The molecule has 0 aromatic carbocycles. The van der Waals surface area contributed by atoms with Crippen LogP contribution >= 0.6 is 0 Å². The van der Waals surface area contributed by atoms with Crippen LogP contribution in [0.1, 0.15) is 51.9 Å². The number of hydrogen-bond acceptors (Lipinski definition) is 3. The topological polar surface area (TPSA) is 27.7 Å². The molecule has 0 spiro atoms. The van der Waals surface area contributed by atoms with Crippen molar-refractivity contribution in [3.8, 4) is 0 Å². The summed E-state index contributed by atoms with van der Waals surface area (Å²) in [4.78, 5) is 0. The first-order valence-electron chi connectivity index (χ1n) is 8.42. The fourth-order valence-corrected chi connectivity index (χ4v) is 8.69. The van der Waals surface area contributed by atoms with Crippen molar-refractivity contribution >= 4 is 17.1 Å². The minimum atomic E-state index is -2.07. The average Bonchev–Trinajstić information content (AvgIpc) is 2.36. The van der Waals surface area contributed by atoms with Crippen molar-refractivity contribution < 1.29 is 13.0 Å². The van der Waals surface area contributed by atoms with Crippen molar-refractivity contribution in [2.24, 2.45) is 0 Å². The monoisotopic (exact) mass is 332 g/mol. The molecule has 0 rings (SSSR count). The lowest BCUT2D eigenvalue weighted by Crippen LogP contribution is -2.48. The lowest BCUT2D eigenvalue weighted by Gasteiger charge is -2.32. The summed E-state index contributed by atoms with van der Waals surface area (Å²) in [6.07, 6.45) is 10.5. The molecule has 0 heterocycles. The lowest BCUT2D eigenvalue weighted by molar-refractivity contribution is 0.194. The highest BCUT2D eigenvalue weighted by Crippen LogP contribution is 2.18. The molecule has 0 N–H and O–H groups in total. The van der Waals surface area contributed by atoms with E-state index in [0.29, 0.717) is 6.61 Å². The van der Waals surface area contributed by atoms with E-state index in [1.807, 2.05) is 6.08 Å². The first-order valence-corrected chi connectivity index (χ1v) is 14.1. The smallest absolute Gasteiger partial charge is 0.322 e. The van der Waals surface area contributed by atoms with Gasteiger partial charge in [0.1, 0.15) is 0 Å². The SMILES string of the molecule is C=CCCO[Si](C)(C)O[Si](C)(C)OCCCCCCCC. The van der Waals surface area contributed by atoms with Gasteiger partial charge in [0.25, 0.3) is 0 Å². The zero-order valence-corrected chi connectivity index (χ0v) is 16.9. The van der Waals surface area contributed by atoms with Gasteiger partial charge in [0.05, 0.1) is 0 Å². The van der Waals surface area contributed by atoms with Gasteiger partial charge in [-0.15, -0.1) is 6.58 Å². The molecule has 0 aliphatic rings. The normalized spacial score (nSPS) is 12.6. The predicted molar refractivity (Wildman–Crippen MR) is 96.1 cm³/mol. The third kappa shape index (κ3) is 13.4. The molecule has 0 aliphatic heterocycles. The number of unbranched alkanes of at least 4 members (excludes halogenated alkanes) is 5. The zero-order chi connectivity index (χ0) is 16.2.